The maximum atomic E-state index is 12.3. The van der Waals surface area contributed by atoms with Gasteiger partial charge in [0.25, 0.3) is 0 Å². The van der Waals surface area contributed by atoms with Crippen LogP contribution in [0.25, 0.3) is 10.8 Å². The van der Waals surface area contributed by atoms with Crippen LogP contribution in [-0.2, 0) is 16.0 Å². The van der Waals surface area contributed by atoms with Crippen molar-refractivity contribution < 1.29 is 13.9 Å². The number of amides is 1. The number of piperidine rings is 1. The number of carbonyl (C=O) groups is 1. The van der Waals surface area contributed by atoms with E-state index in [1.807, 2.05) is 24.4 Å². The molecule has 0 aliphatic carbocycles. The predicted octanol–water partition coefficient (Wildman–Crippen LogP) is 2.39. The molecule has 0 aromatic carbocycles. The first kappa shape index (κ1) is 18.1. The van der Waals surface area contributed by atoms with Crippen LogP contribution in [0.1, 0.15) is 24.3 Å². The van der Waals surface area contributed by atoms with E-state index in [0.717, 1.165) is 48.2 Å². The highest BCUT2D eigenvalue weighted by molar-refractivity contribution is 7.13. The van der Waals surface area contributed by atoms with Gasteiger partial charge in [-0.25, -0.2) is 4.98 Å². The standard InChI is InChI=1S/C18H25N3O3S/c1-13-3-4-15(24-13)17-21-14(10-25-17)9-16(22)20-11-18(12-23-2)5-7-19-8-6-18/h3-4,10,19H,5-9,11-12H2,1-2H3,(H,20,22). The lowest BCUT2D eigenvalue weighted by molar-refractivity contribution is -0.121. The van der Waals surface area contributed by atoms with Crippen molar-refractivity contribution in [2.75, 3.05) is 33.4 Å². The first-order chi connectivity index (χ1) is 12.1. The van der Waals surface area contributed by atoms with Gasteiger partial charge in [-0.2, -0.15) is 0 Å². The summed E-state index contributed by atoms with van der Waals surface area (Å²) in [7, 11) is 1.72. The first-order valence-corrected chi connectivity index (χ1v) is 9.46. The highest BCUT2D eigenvalue weighted by Crippen LogP contribution is 2.28. The number of ether oxygens (including phenoxy) is 1. The van der Waals surface area contributed by atoms with Crippen LogP contribution in [0.2, 0.25) is 0 Å². The zero-order chi connectivity index (χ0) is 17.7. The van der Waals surface area contributed by atoms with Gasteiger partial charge in [-0.05, 0) is 45.0 Å². The van der Waals surface area contributed by atoms with Crippen molar-refractivity contribution in [3.05, 3.63) is 29.0 Å². The van der Waals surface area contributed by atoms with Crippen LogP contribution < -0.4 is 10.6 Å². The summed E-state index contributed by atoms with van der Waals surface area (Å²) in [5.74, 6) is 1.61. The molecular weight excluding hydrogens is 338 g/mol. The first-order valence-electron chi connectivity index (χ1n) is 8.58. The third-order valence-corrected chi connectivity index (χ3v) is 5.53. The van der Waals surface area contributed by atoms with E-state index in [0.29, 0.717) is 13.2 Å². The van der Waals surface area contributed by atoms with Crippen LogP contribution in [0.15, 0.2) is 21.9 Å². The van der Waals surface area contributed by atoms with E-state index in [2.05, 4.69) is 15.6 Å². The van der Waals surface area contributed by atoms with E-state index in [4.69, 9.17) is 9.15 Å². The molecule has 1 aliphatic rings. The van der Waals surface area contributed by atoms with Gasteiger partial charge >= 0.3 is 0 Å². The normalized spacial score (nSPS) is 16.7. The van der Waals surface area contributed by atoms with E-state index in [-0.39, 0.29) is 17.7 Å². The molecule has 1 aliphatic heterocycles. The van der Waals surface area contributed by atoms with Crippen LogP contribution in [0.3, 0.4) is 0 Å². The van der Waals surface area contributed by atoms with Crippen LogP contribution in [0, 0.1) is 12.3 Å². The molecule has 6 nitrogen and oxygen atoms in total. The van der Waals surface area contributed by atoms with E-state index in [1.165, 1.54) is 11.3 Å². The van der Waals surface area contributed by atoms with E-state index in [1.54, 1.807) is 7.11 Å². The summed E-state index contributed by atoms with van der Waals surface area (Å²) < 4.78 is 11.0. The number of rotatable bonds is 7. The Kier molecular flexibility index (Phi) is 5.88. The molecule has 2 aromatic rings. The summed E-state index contributed by atoms with van der Waals surface area (Å²) in [4.78, 5) is 16.8. The van der Waals surface area contributed by atoms with Crippen LogP contribution >= 0.6 is 11.3 Å². The Morgan fingerprint density at radius 2 is 2.24 bits per heavy atom. The zero-order valence-corrected chi connectivity index (χ0v) is 15.6. The van der Waals surface area contributed by atoms with E-state index >= 15 is 0 Å². The van der Waals surface area contributed by atoms with Crippen molar-refractivity contribution in [3.63, 3.8) is 0 Å². The van der Waals surface area contributed by atoms with Gasteiger partial charge in [-0.15, -0.1) is 11.3 Å². The Bertz CT molecular complexity index is 698. The van der Waals surface area contributed by atoms with Gasteiger partial charge in [0.2, 0.25) is 5.91 Å². The molecule has 0 spiro atoms. The lowest BCUT2D eigenvalue weighted by atomic mass is 9.79. The molecule has 3 heterocycles. The van der Waals surface area contributed by atoms with Crippen molar-refractivity contribution >= 4 is 17.2 Å². The molecule has 1 saturated heterocycles. The van der Waals surface area contributed by atoms with Crippen molar-refractivity contribution in [1.82, 2.24) is 15.6 Å². The molecule has 0 atom stereocenters. The van der Waals surface area contributed by atoms with E-state index in [9.17, 15) is 4.79 Å². The number of methoxy groups -OCH3 is 1. The fourth-order valence-corrected chi connectivity index (χ4v) is 3.98. The second kappa shape index (κ2) is 8.12. The summed E-state index contributed by atoms with van der Waals surface area (Å²) in [5, 5.41) is 9.16. The van der Waals surface area contributed by atoms with Gasteiger partial charge in [0.15, 0.2) is 10.8 Å². The molecule has 25 heavy (non-hydrogen) atoms. The summed E-state index contributed by atoms with van der Waals surface area (Å²) in [6.07, 6.45) is 2.32. The second-order valence-electron chi connectivity index (χ2n) is 6.69. The Morgan fingerprint density at radius 3 is 2.92 bits per heavy atom. The van der Waals surface area contributed by atoms with Gasteiger partial charge in [0.05, 0.1) is 18.7 Å². The molecule has 1 fully saturated rings. The minimum atomic E-state index is 0.00138. The maximum Gasteiger partial charge on any atom is 0.226 e. The molecule has 7 heteroatoms. The number of aryl methyl sites for hydroxylation is 1. The molecule has 2 N–H and O–H groups in total. The molecule has 0 unspecified atom stereocenters. The number of aromatic nitrogens is 1. The molecule has 0 saturated carbocycles. The largest absolute Gasteiger partial charge is 0.459 e. The Morgan fingerprint density at radius 1 is 1.44 bits per heavy atom. The lowest BCUT2D eigenvalue weighted by Gasteiger charge is -2.37. The van der Waals surface area contributed by atoms with Crippen LogP contribution in [-0.4, -0.2) is 44.2 Å². The Labute approximate surface area is 152 Å². The molecule has 136 valence electrons. The van der Waals surface area contributed by atoms with E-state index < -0.39 is 0 Å². The fourth-order valence-electron chi connectivity index (χ4n) is 3.20. The minimum Gasteiger partial charge on any atom is -0.459 e. The van der Waals surface area contributed by atoms with Crippen molar-refractivity contribution in [1.29, 1.82) is 0 Å². The van der Waals surface area contributed by atoms with Crippen LogP contribution in [0.5, 0.6) is 0 Å². The van der Waals surface area contributed by atoms with Gasteiger partial charge in [0, 0.05) is 24.4 Å². The number of hydrogen-bond donors (Lipinski definition) is 2. The third kappa shape index (κ3) is 4.68. The number of hydrogen-bond acceptors (Lipinski definition) is 6. The van der Waals surface area contributed by atoms with Crippen molar-refractivity contribution in [2.45, 2.75) is 26.2 Å². The molecule has 1 amide bonds. The number of nitrogens with one attached hydrogen (secondary N) is 2. The number of nitrogens with zero attached hydrogens (tertiary/aromatic N) is 1. The van der Waals surface area contributed by atoms with Crippen molar-refractivity contribution in [2.24, 2.45) is 5.41 Å². The zero-order valence-electron chi connectivity index (χ0n) is 14.8. The Balaban J connectivity index is 1.54. The lowest BCUT2D eigenvalue weighted by Crippen LogP contribution is -2.47. The van der Waals surface area contributed by atoms with Crippen molar-refractivity contribution in [3.8, 4) is 10.8 Å². The van der Waals surface area contributed by atoms with Gasteiger partial charge in [-0.3, -0.25) is 4.79 Å². The quantitative estimate of drug-likeness (QED) is 0.790. The molecule has 2 aromatic heterocycles. The summed E-state index contributed by atoms with van der Waals surface area (Å²) >= 11 is 1.50. The summed E-state index contributed by atoms with van der Waals surface area (Å²) in [5.41, 5.74) is 0.812. The third-order valence-electron chi connectivity index (χ3n) is 4.62. The second-order valence-corrected chi connectivity index (χ2v) is 7.55. The van der Waals surface area contributed by atoms with Crippen LogP contribution in [0.4, 0.5) is 0 Å². The molecule has 0 bridgehead atoms. The topological polar surface area (TPSA) is 76.4 Å². The smallest absolute Gasteiger partial charge is 0.226 e. The fraction of sp³-hybridized carbons (Fsp3) is 0.556. The monoisotopic (exact) mass is 363 g/mol. The SMILES string of the molecule is COCC1(CNC(=O)Cc2csc(-c3ccc(C)o3)n2)CCNCC1. The van der Waals surface area contributed by atoms with Gasteiger partial charge in [-0.1, -0.05) is 0 Å². The Hall–Kier alpha value is -1.70. The summed E-state index contributed by atoms with van der Waals surface area (Å²) in [6.45, 7) is 5.17. The average Bonchev–Trinajstić information content (AvgIpc) is 3.23. The number of carbonyl (C=O) groups excluding carboxylic acids is 1. The predicted molar refractivity (Wildman–Crippen MR) is 97.7 cm³/mol. The highest BCUT2D eigenvalue weighted by atomic mass is 32.1. The molecule has 0 radical (unpaired) electrons. The summed E-state index contributed by atoms with van der Waals surface area (Å²) in [6, 6.07) is 3.82. The molecular formula is C18H25N3O3S. The van der Waals surface area contributed by atoms with Gasteiger partial charge in [0.1, 0.15) is 5.76 Å². The van der Waals surface area contributed by atoms with Gasteiger partial charge < -0.3 is 19.8 Å². The number of thiazole rings is 1. The highest BCUT2D eigenvalue weighted by Gasteiger charge is 2.32. The number of furan rings is 1. The maximum absolute atomic E-state index is 12.3. The average molecular weight is 363 g/mol. The minimum absolute atomic E-state index is 0.00138. The molecule has 3 rings (SSSR count).